The highest BCUT2D eigenvalue weighted by atomic mass is 16.6. The molecule has 1 N–H and O–H groups in total. The smallest absolute Gasteiger partial charge is 0.325 e. The molecule has 7 heteroatoms. The quantitative estimate of drug-likeness (QED) is 0.514. The molecule has 1 aromatic carbocycles. The molecule has 1 amide bonds. The zero-order valence-electron chi connectivity index (χ0n) is 11.5. The van der Waals surface area contributed by atoms with Gasteiger partial charge in [-0.1, -0.05) is 12.1 Å². The number of carbonyl (C=O) groups excluding carboxylic acids is 2. The molecule has 1 rings (SSSR count). The first-order valence-corrected chi connectivity index (χ1v) is 5.94. The predicted molar refractivity (Wildman–Crippen MR) is 71.3 cm³/mol. The van der Waals surface area contributed by atoms with Crippen LogP contribution in [0.1, 0.15) is 31.1 Å². The summed E-state index contributed by atoms with van der Waals surface area (Å²) >= 11 is 0. The van der Waals surface area contributed by atoms with Crippen LogP contribution in [0.5, 0.6) is 0 Å². The second kappa shape index (κ2) is 6.14. The Morgan fingerprint density at radius 2 is 1.90 bits per heavy atom. The van der Waals surface area contributed by atoms with Crippen molar-refractivity contribution in [1.82, 2.24) is 5.32 Å². The molecule has 108 valence electrons. The Kier molecular flexibility index (Phi) is 4.79. The van der Waals surface area contributed by atoms with Gasteiger partial charge in [0.2, 0.25) is 0 Å². The summed E-state index contributed by atoms with van der Waals surface area (Å²) in [5.41, 5.74) is -1.06. The van der Waals surface area contributed by atoms with Gasteiger partial charge in [0.15, 0.2) is 0 Å². The molecular weight excluding hydrogens is 264 g/mol. The first-order valence-electron chi connectivity index (χ1n) is 5.94. The van der Waals surface area contributed by atoms with E-state index in [4.69, 9.17) is 4.74 Å². The molecule has 0 bridgehead atoms. The first kappa shape index (κ1) is 15.6. The van der Waals surface area contributed by atoms with E-state index in [9.17, 15) is 19.7 Å². The number of benzene rings is 1. The fourth-order valence-electron chi connectivity index (χ4n) is 1.45. The van der Waals surface area contributed by atoms with Gasteiger partial charge in [0.1, 0.15) is 17.7 Å². The van der Waals surface area contributed by atoms with Gasteiger partial charge in [-0.05, 0) is 26.8 Å². The van der Waals surface area contributed by atoms with Crippen LogP contribution in [-0.4, -0.2) is 28.9 Å². The van der Waals surface area contributed by atoms with Crippen molar-refractivity contribution in [2.24, 2.45) is 0 Å². The largest absolute Gasteiger partial charge is 0.459 e. The third-order valence-electron chi connectivity index (χ3n) is 2.16. The average molecular weight is 280 g/mol. The minimum atomic E-state index is -0.692. The Morgan fingerprint density at radius 1 is 1.30 bits per heavy atom. The van der Waals surface area contributed by atoms with Crippen molar-refractivity contribution in [2.75, 3.05) is 6.54 Å². The highest BCUT2D eigenvalue weighted by molar-refractivity contribution is 5.99. The van der Waals surface area contributed by atoms with E-state index >= 15 is 0 Å². The fourth-order valence-corrected chi connectivity index (χ4v) is 1.45. The lowest BCUT2D eigenvalue weighted by Crippen LogP contribution is -2.34. The fraction of sp³-hybridized carbons (Fsp3) is 0.385. The zero-order valence-corrected chi connectivity index (χ0v) is 11.5. The van der Waals surface area contributed by atoms with Crippen LogP contribution in [0.4, 0.5) is 5.69 Å². The van der Waals surface area contributed by atoms with Crippen LogP contribution >= 0.6 is 0 Å². The number of amides is 1. The van der Waals surface area contributed by atoms with Crippen molar-refractivity contribution in [3.05, 3.63) is 39.9 Å². The Hall–Kier alpha value is -2.44. The number of nitro groups is 1. The molecule has 0 heterocycles. The van der Waals surface area contributed by atoms with Gasteiger partial charge >= 0.3 is 5.97 Å². The van der Waals surface area contributed by atoms with E-state index in [1.807, 2.05) is 0 Å². The maximum absolute atomic E-state index is 11.8. The zero-order chi connectivity index (χ0) is 15.3. The van der Waals surface area contributed by atoms with Gasteiger partial charge in [0, 0.05) is 6.07 Å². The highest BCUT2D eigenvalue weighted by Crippen LogP contribution is 2.17. The number of nitrogens with zero attached hydrogens (tertiary/aromatic N) is 1. The van der Waals surface area contributed by atoms with Crippen molar-refractivity contribution < 1.29 is 19.2 Å². The number of hydrogen-bond donors (Lipinski definition) is 1. The van der Waals surface area contributed by atoms with E-state index < -0.39 is 22.4 Å². The van der Waals surface area contributed by atoms with Crippen LogP contribution in [0.3, 0.4) is 0 Å². The lowest BCUT2D eigenvalue weighted by atomic mass is 10.1. The summed E-state index contributed by atoms with van der Waals surface area (Å²) in [6, 6.07) is 5.52. The molecule has 0 aliphatic carbocycles. The number of nitrogens with one attached hydrogen (secondary N) is 1. The Bertz CT molecular complexity index is 534. The lowest BCUT2D eigenvalue weighted by Gasteiger charge is -2.19. The second-order valence-corrected chi connectivity index (χ2v) is 5.04. The SMILES string of the molecule is CC(C)(C)OC(=O)CNC(=O)c1ccccc1[N+](=O)[O-]. The van der Waals surface area contributed by atoms with Crippen LogP contribution < -0.4 is 5.32 Å². The Balaban J connectivity index is 2.69. The van der Waals surface area contributed by atoms with Gasteiger partial charge in [-0.25, -0.2) is 0 Å². The molecule has 0 radical (unpaired) electrons. The van der Waals surface area contributed by atoms with Crippen molar-refractivity contribution in [3.63, 3.8) is 0 Å². The molecule has 20 heavy (non-hydrogen) atoms. The molecule has 0 fully saturated rings. The van der Waals surface area contributed by atoms with Crippen LogP contribution in [0, 0.1) is 10.1 Å². The normalized spacial score (nSPS) is 10.8. The predicted octanol–water partition coefficient (Wildman–Crippen LogP) is 1.67. The molecule has 0 saturated heterocycles. The van der Waals surface area contributed by atoms with E-state index in [1.54, 1.807) is 20.8 Å². The molecule has 0 saturated carbocycles. The Labute approximate surface area is 116 Å². The summed E-state index contributed by atoms with van der Waals surface area (Å²) in [7, 11) is 0. The van der Waals surface area contributed by atoms with Crippen molar-refractivity contribution in [2.45, 2.75) is 26.4 Å². The molecule has 0 spiro atoms. The molecule has 0 atom stereocenters. The van der Waals surface area contributed by atoms with Gasteiger partial charge in [0.05, 0.1) is 4.92 Å². The second-order valence-electron chi connectivity index (χ2n) is 5.04. The monoisotopic (exact) mass is 280 g/mol. The molecule has 0 aliphatic rings. The van der Waals surface area contributed by atoms with E-state index in [1.165, 1.54) is 24.3 Å². The summed E-state index contributed by atoms with van der Waals surface area (Å²) in [5.74, 6) is -1.30. The molecule has 7 nitrogen and oxygen atoms in total. The summed E-state index contributed by atoms with van der Waals surface area (Å²) in [4.78, 5) is 33.4. The van der Waals surface area contributed by atoms with Crippen LogP contribution in [0.15, 0.2) is 24.3 Å². The van der Waals surface area contributed by atoms with Crippen molar-refractivity contribution in [3.8, 4) is 0 Å². The number of esters is 1. The number of rotatable bonds is 4. The molecule has 1 aromatic rings. The van der Waals surface area contributed by atoms with Gasteiger partial charge < -0.3 is 10.1 Å². The van der Waals surface area contributed by atoms with E-state index in [0.717, 1.165) is 0 Å². The van der Waals surface area contributed by atoms with Crippen LogP contribution in [0.2, 0.25) is 0 Å². The summed E-state index contributed by atoms with van der Waals surface area (Å²) in [5, 5.41) is 13.1. The van der Waals surface area contributed by atoms with E-state index in [0.29, 0.717) is 0 Å². The third kappa shape index (κ3) is 4.68. The van der Waals surface area contributed by atoms with Crippen molar-refractivity contribution in [1.29, 1.82) is 0 Å². The number of ether oxygens (including phenoxy) is 1. The number of carbonyl (C=O) groups is 2. The Morgan fingerprint density at radius 3 is 2.45 bits per heavy atom. The maximum atomic E-state index is 11.8. The molecule has 0 aromatic heterocycles. The van der Waals surface area contributed by atoms with Gasteiger partial charge in [0.25, 0.3) is 11.6 Å². The minimum absolute atomic E-state index is 0.0962. The third-order valence-corrected chi connectivity index (χ3v) is 2.16. The summed E-state index contributed by atoms with van der Waals surface area (Å²) in [6.45, 7) is 4.76. The summed E-state index contributed by atoms with van der Waals surface area (Å²) in [6.07, 6.45) is 0. The molecule has 0 unspecified atom stereocenters. The number of hydrogen-bond acceptors (Lipinski definition) is 5. The standard InChI is InChI=1S/C13H16N2O5/c1-13(2,3)20-11(16)8-14-12(17)9-6-4-5-7-10(9)15(18)19/h4-7H,8H2,1-3H3,(H,14,17). The maximum Gasteiger partial charge on any atom is 0.325 e. The average Bonchev–Trinajstić information content (AvgIpc) is 2.33. The first-order chi connectivity index (χ1) is 9.20. The topological polar surface area (TPSA) is 98.5 Å². The molecule has 0 aliphatic heterocycles. The highest BCUT2D eigenvalue weighted by Gasteiger charge is 2.21. The van der Waals surface area contributed by atoms with Crippen LogP contribution in [-0.2, 0) is 9.53 Å². The van der Waals surface area contributed by atoms with Gasteiger partial charge in [-0.3, -0.25) is 19.7 Å². The minimum Gasteiger partial charge on any atom is -0.459 e. The van der Waals surface area contributed by atoms with Gasteiger partial charge in [-0.2, -0.15) is 0 Å². The lowest BCUT2D eigenvalue weighted by molar-refractivity contribution is -0.385. The van der Waals surface area contributed by atoms with E-state index in [-0.39, 0.29) is 17.8 Å². The van der Waals surface area contributed by atoms with Crippen molar-refractivity contribution >= 4 is 17.6 Å². The van der Waals surface area contributed by atoms with Gasteiger partial charge in [-0.15, -0.1) is 0 Å². The number of para-hydroxylation sites is 1. The molecular formula is C13H16N2O5. The van der Waals surface area contributed by atoms with E-state index in [2.05, 4.69) is 5.32 Å². The van der Waals surface area contributed by atoms with Crippen LogP contribution in [0.25, 0.3) is 0 Å². The number of nitro benzene ring substituents is 1. The summed E-state index contributed by atoms with van der Waals surface area (Å²) < 4.78 is 5.01.